The quantitative estimate of drug-likeness (QED) is 0.437. The summed E-state index contributed by atoms with van der Waals surface area (Å²) in [5.74, 6) is 0.232. The maximum absolute atomic E-state index is 4.11. The normalized spacial score (nSPS) is 16.1. The van der Waals surface area contributed by atoms with Gasteiger partial charge in [0, 0.05) is 42.1 Å². The van der Waals surface area contributed by atoms with Gasteiger partial charge in [-0.3, -0.25) is 0 Å². The van der Waals surface area contributed by atoms with Gasteiger partial charge in [0.2, 0.25) is 11.0 Å². The third-order valence-corrected chi connectivity index (χ3v) is 7.35. The summed E-state index contributed by atoms with van der Waals surface area (Å²) in [6, 6.07) is 25.1. The summed E-state index contributed by atoms with van der Waals surface area (Å²) < 4.78 is 2.56. The van der Waals surface area contributed by atoms with Gasteiger partial charge in [0.25, 0.3) is 0 Å². The molecule has 0 radical (unpaired) electrons. The number of allylic oxidation sites excluding steroid dienone is 5. The SMILES string of the molecule is C=C1C=CC(/C(c2ccc(C)cc2)=c2/ccc3c(c2)CCc2ccccc2[N+]=3CCCN(C)C)C=C1. The first kappa shape index (κ1) is 24.2. The summed E-state index contributed by atoms with van der Waals surface area (Å²) >= 11 is 0. The van der Waals surface area contributed by atoms with E-state index < -0.39 is 0 Å². The van der Waals surface area contributed by atoms with Crippen LogP contribution in [-0.2, 0) is 12.8 Å². The van der Waals surface area contributed by atoms with Crippen LogP contribution in [0.3, 0.4) is 0 Å². The molecule has 2 nitrogen and oxygen atoms in total. The maximum atomic E-state index is 4.11. The number of benzene rings is 3. The van der Waals surface area contributed by atoms with E-state index in [1.807, 2.05) is 0 Å². The lowest BCUT2D eigenvalue weighted by Gasteiger charge is -2.18. The molecule has 5 rings (SSSR count). The molecule has 0 N–H and O–H groups in total. The summed E-state index contributed by atoms with van der Waals surface area (Å²) in [5.41, 5.74) is 9.23. The van der Waals surface area contributed by atoms with Crippen LogP contribution in [0.4, 0.5) is 5.69 Å². The fourth-order valence-electron chi connectivity index (χ4n) is 5.44. The Kier molecular flexibility index (Phi) is 7.16. The summed E-state index contributed by atoms with van der Waals surface area (Å²) in [4.78, 5) is 2.27. The average molecular weight is 474 g/mol. The van der Waals surface area contributed by atoms with Gasteiger partial charge in [-0.25, -0.2) is 0 Å². The minimum absolute atomic E-state index is 0.232. The maximum Gasteiger partial charge on any atom is 0.208 e. The molecule has 182 valence electrons. The molecular weight excluding hydrogens is 436 g/mol. The fraction of sp³-hybridized carbons (Fsp3) is 0.265. The first-order chi connectivity index (χ1) is 17.5. The van der Waals surface area contributed by atoms with Gasteiger partial charge in [0.15, 0.2) is 6.54 Å². The number of hydrogen-bond donors (Lipinski definition) is 0. The Bertz CT molecular complexity index is 1440. The molecule has 1 aliphatic heterocycles. The van der Waals surface area contributed by atoms with E-state index >= 15 is 0 Å². The van der Waals surface area contributed by atoms with Crippen LogP contribution >= 0.6 is 0 Å². The van der Waals surface area contributed by atoms with E-state index in [0.717, 1.165) is 37.9 Å². The van der Waals surface area contributed by atoms with Gasteiger partial charge in [0.05, 0.1) is 0 Å². The molecule has 2 aliphatic rings. The van der Waals surface area contributed by atoms with Crippen molar-refractivity contribution < 1.29 is 0 Å². The third-order valence-electron chi connectivity index (χ3n) is 7.35. The number of hydrogen-bond acceptors (Lipinski definition) is 1. The molecule has 0 atom stereocenters. The predicted molar refractivity (Wildman–Crippen MR) is 153 cm³/mol. The van der Waals surface area contributed by atoms with Gasteiger partial charge in [-0.05, 0) is 67.9 Å². The van der Waals surface area contributed by atoms with Gasteiger partial charge < -0.3 is 4.90 Å². The van der Waals surface area contributed by atoms with Gasteiger partial charge in [0.1, 0.15) is 0 Å². The number of fused-ring (bicyclic) bond motifs is 2. The van der Waals surface area contributed by atoms with Crippen molar-refractivity contribution in [3.05, 3.63) is 136 Å². The monoisotopic (exact) mass is 473 g/mol. The van der Waals surface area contributed by atoms with Crippen LogP contribution in [0.1, 0.15) is 28.7 Å². The molecule has 0 saturated heterocycles. The zero-order valence-electron chi connectivity index (χ0n) is 21.9. The second-order valence-electron chi connectivity index (χ2n) is 10.4. The van der Waals surface area contributed by atoms with Gasteiger partial charge >= 0.3 is 0 Å². The molecule has 1 aliphatic carbocycles. The van der Waals surface area contributed by atoms with Crippen molar-refractivity contribution in [1.82, 2.24) is 9.48 Å². The molecular formula is C34H37N2+. The first-order valence-corrected chi connectivity index (χ1v) is 13.1. The Morgan fingerprint density at radius 2 is 1.64 bits per heavy atom. The summed E-state index contributed by atoms with van der Waals surface area (Å²) in [5, 5.41) is 2.66. The molecule has 0 unspecified atom stereocenters. The van der Waals surface area contributed by atoms with Crippen LogP contribution in [-0.4, -0.2) is 32.1 Å². The highest BCUT2D eigenvalue weighted by Crippen LogP contribution is 2.27. The molecule has 0 bridgehead atoms. The van der Waals surface area contributed by atoms with Crippen LogP contribution in [0.5, 0.6) is 0 Å². The van der Waals surface area contributed by atoms with E-state index in [1.54, 1.807) is 0 Å². The zero-order valence-corrected chi connectivity index (χ0v) is 21.9. The fourth-order valence-corrected chi connectivity index (χ4v) is 5.44. The first-order valence-electron chi connectivity index (χ1n) is 13.1. The Hall–Kier alpha value is -3.49. The van der Waals surface area contributed by atoms with E-state index in [0.29, 0.717) is 0 Å². The Morgan fingerprint density at radius 3 is 2.39 bits per heavy atom. The van der Waals surface area contributed by atoms with Crippen molar-refractivity contribution in [3.8, 4) is 0 Å². The molecule has 0 spiro atoms. The predicted octanol–water partition coefficient (Wildman–Crippen LogP) is 5.37. The molecule has 2 heteroatoms. The average Bonchev–Trinajstić information content (AvgIpc) is 3.03. The van der Waals surface area contributed by atoms with Crippen LogP contribution in [0.2, 0.25) is 0 Å². The lowest BCUT2D eigenvalue weighted by molar-refractivity contribution is 0.394. The molecule has 3 aromatic carbocycles. The number of nitrogens with zero attached hydrogens (tertiary/aromatic N) is 2. The van der Waals surface area contributed by atoms with Crippen molar-refractivity contribution in [1.29, 1.82) is 0 Å². The van der Waals surface area contributed by atoms with E-state index in [4.69, 9.17) is 0 Å². The van der Waals surface area contributed by atoms with Gasteiger partial charge in [-0.1, -0.05) is 78.9 Å². The second kappa shape index (κ2) is 10.6. The summed E-state index contributed by atoms with van der Waals surface area (Å²) in [7, 11) is 4.31. The highest BCUT2D eigenvalue weighted by molar-refractivity contribution is 5.71. The number of rotatable bonds is 6. The molecule has 0 amide bonds. The van der Waals surface area contributed by atoms with Crippen LogP contribution < -0.4 is 15.2 Å². The van der Waals surface area contributed by atoms with E-state index in [1.165, 1.54) is 44.1 Å². The van der Waals surface area contributed by atoms with Crippen molar-refractivity contribution in [2.45, 2.75) is 26.2 Å². The summed E-state index contributed by atoms with van der Waals surface area (Å²) in [6.07, 6.45) is 12.1. The van der Waals surface area contributed by atoms with Crippen molar-refractivity contribution >= 4 is 11.3 Å². The minimum atomic E-state index is 0.232. The molecule has 3 aromatic rings. The number of aryl methyl sites for hydroxylation is 3. The highest BCUT2D eigenvalue weighted by Gasteiger charge is 2.22. The molecule has 0 fully saturated rings. The standard InChI is InChI=1S/C34H37N2/c1-25-10-14-28(15-11-25)34(29-16-12-26(2)13-17-29)31-20-21-33-30(24-31)19-18-27-8-5-6-9-32(27)36(33)23-7-22-35(3)4/h5-6,8-17,20-21,24,28H,1,7,18-19,22-23H2,2-4H3/q+1/b34-31+. The van der Waals surface area contributed by atoms with Gasteiger partial charge in [-0.15, -0.1) is 0 Å². The second-order valence-corrected chi connectivity index (χ2v) is 10.4. The van der Waals surface area contributed by atoms with Crippen molar-refractivity contribution in [2.24, 2.45) is 5.92 Å². The summed E-state index contributed by atoms with van der Waals surface area (Å²) in [6.45, 7) is 8.36. The smallest absolute Gasteiger partial charge is 0.208 e. The number of para-hydroxylation sites is 1. The van der Waals surface area contributed by atoms with Crippen LogP contribution in [0.15, 0.2) is 103 Å². The highest BCUT2D eigenvalue weighted by atomic mass is 15.1. The lowest BCUT2D eigenvalue weighted by Crippen LogP contribution is -2.32. The Morgan fingerprint density at radius 1 is 0.917 bits per heavy atom. The molecule has 0 saturated carbocycles. The topological polar surface area (TPSA) is 6.25 Å². The Labute approximate surface area is 215 Å². The van der Waals surface area contributed by atoms with Crippen LogP contribution in [0, 0.1) is 12.8 Å². The molecule has 36 heavy (non-hydrogen) atoms. The van der Waals surface area contributed by atoms with E-state index in [2.05, 4.69) is 128 Å². The zero-order chi connectivity index (χ0) is 25.1. The third kappa shape index (κ3) is 5.20. The largest absolute Gasteiger partial charge is 0.309 e. The van der Waals surface area contributed by atoms with E-state index in [-0.39, 0.29) is 5.92 Å². The Balaban J connectivity index is 1.71. The van der Waals surface area contributed by atoms with Crippen molar-refractivity contribution in [3.63, 3.8) is 0 Å². The molecule has 0 aromatic heterocycles. The van der Waals surface area contributed by atoms with Crippen molar-refractivity contribution in [2.75, 3.05) is 27.2 Å². The van der Waals surface area contributed by atoms with Gasteiger partial charge in [-0.2, -0.15) is 4.58 Å². The van der Waals surface area contributed by atoms with E-state index in [9.17, 15) is 0 Å². The minimum Gasteiger partial charge on any atom is -0.309 e. The lowest BCUT2D eigenvalue weighted by atomic mass is 9.86. The van der Waals surface area contributed by atoms with Crippen LogP contribution in [0.25, 0.3) is 5.57 Å². The molecule has 1 heterocycles.